The fourth-order valence-corrected chi connectivity index (χ4v) is 3.56. The van der Waals surface area contributed by atoms with Crippen LogP contribution in [0.15, 0.2) is 39.8 Å². The minimum absolute atomic E-state index is 0.231. The molecule has 0 atom stereocenters. The maximum absolute atomic E-state index is 12.4. The number of hydrogen-bond acceptors (Lipinski definition) is 3. The molecule has 106 valence electrons. The molecule has 0 aliphatic carbocycles. The van der Waals surface area contributed by atoms with Crippen LogP contribution >= 0.6 is 27.5 Å². The molecule has 0 bridgehead atoms. The number of aryl methyl sites for hydroxylation is 2. The van der Waals surface area contributed by atoms with Crippen molar-refractivity contribution in [3.05, 3.63) is 51.1 Å². The molecule has 0 aliphatic heterocycles. The van der Waals surface area contributed by atoms with Gasteiger partial charge >= 0.3 is 0 Å². The summed E-state index contributed by atoms with van der Waals surface area (Å²) in [6, 6.07) is 6.49. The molecular weight excluding hydrogens is 364 g/mol. The first-order valence-corrected chi connectivity index (χ1v) is 8.36. The summed E-state index contributed by atoms with van der Waals surface area (Å²) in [4.78, 5) is 4.16. The van der Waals surface area contributed by atoms with Crippen LogP contribution in [0, 0.1) is 13.8 Å². The number of pyridine rings is 1. The topological polar surface area (TPSA) is 59.1 Å². The summed E-state index contributed by atoms with van der Waals surface area (Å²) in [7, 11) is -3.67. The van der Waals surface area contributed by atoms with Crippen molar-refractivity contribution in [2.45, 2.75) is 18.7 Å². The first kappa shape index (κ1) is 15.3. The lowest BCUT2D eigenvalue weighted by atomic mass is 10.2. The molecule has 4 nitrogen and oxygen atoms in total. The first-order chi connectivity index (χ1) is 9.29. The smallest absolute Gasteiger partial charge is 0.263 e. The van der Waals surface area contributed by atoms with Gasteiger partial charge in [0.15, 0.2) is 0 Å². The van der Waals surface area contributed by atoms with Gasteiger partial charge in [-0.3, -0.25) is 4.72 Å². The lowest BCUT2D eigenvalue weighted by Gasteiger charge is -2.11. The van der Waals surface area contributed by atoms with Crippen LogP contribution in [0.2, 0.25) is 5.02 Å². The molecule has 0 fully saturated rings. The molecule has 0 spiro atoms. The second-order valence-electron chi connectivity index (χ2n) is 4.33. The Labute approximate surface area is 131 Å². The third kappa shape index (κ3) is 3.31. The molecule has 0 radical (unpaired) electrons. The van der Waals surface area contributed by atoms with Gasteiger partial charge in [-0.1, -0.05) is 27.5 Å². The molecule has 7 heteroatoms. The van der Waals surface area contributed by atoms with Gasteiger partial charge in [0.25, 0.3) is 10.0 Å². The Morgan fingerprint density at radius 3 is 2.50 bits per heavy atom. The van der Waals surface area contributed by atoms with Gasteiger partial charge in [-0.15, -0.1) is 0 Å². The number of nitrogens with one attached hydrogen (secondary N) is 1. The van der Waals surface area contributed by atoms with E-state index in [4.69, 9.17) is 11.6 Å². The molecule has 1 N–H and O–H groups in total. The molecule has 1 aromatic heterocycles. The molecule has 0 saturated heterocycles. The van der Waals surface area contributed by atoms with Gasteiger partial charge in [-0.05, 0) is 49.2 Å². The summed E-state index contributed by atoms with van der Waals surface area (Å²) in [5.41, 5.74) is 1.50. The van der Waals surface area contributed by atoms with E-state index in [1.165, 1.54) is 12.3 Å². The van der Waals surface area contributed by atoms with Crippen molar-refractivity contribution in [3.63, 3.8) is 0 Å². The number of aromatic nitrogens is 1. The van der Waals surface area contributed by atoms with Gasteiger partial charge in [-0.2, -0.15) is 0 Å². The lowest BCUT2D eigenvalue weighted by Crippen LogP contribution is -2.15. The molecule has 0 amide bonds. The van der Waals surface area contributed by atoms with E-state index in [1.54, 1.807) is 25.1 Å². The number of sulfonamides is 1. The van der Waals surface area contributed by atoms with Gasteiger partial charge in [-0.25, -0.2) is 13.4 Å². The van der Waals surface area contributed by atoms with E-state index in [2.05, 4.69) is 25.6 Å². The average Bonchev–Trinajstić information content (AvgIpc) is 2.36. The molecule has 2 aromatic rings. The van der Waals surface area contributed by atoms with Crippen LogP contribution in [0.3, 0.4) is 0 Å². The van der Waals surface area contributed by atoms with Crippen LogP contribution < -0.4 is 4.72 Å². The predicted molar refractivity (Wildman–Crippen MR) is 83.7 cm³/mol. The molecule has 0 aliphatic rings. The number of hydrogen-bond donors (Lipinski definition) is 1. The van der Waals surface area contributed by atoms with E-state index in [0.29, 0.717) is 10.6 Å². The number of benzene rings is 1. The minimum Gasteiger partial charge on any atom is -0.263 e. The van der Waals surface area contributed by atoms with E-state index in [-0.39, 0.29) is 10.7 Å². The summed E-state index contributed by atoms with van der Waals surface area (Å²) in [5, 5.41) is 0.448. The van der Waals surface area contributed by atoms with Crippen LogP contribution in [0.1, 0.15) is 11.1 Å². The zero-order valence-corrected chi connectivity index (χ0v) is 14.0. The third-order valence-corrected chi connectivity index (χ3v) is 5.29. The second kappa shape index (κ2) is 5.71. The van der Waals surface area contributed by atoms with Crippen LogP contribution in [-0.4, -0.2) is 13.4 Å². The number of nitrogens with zero attached hydrogens (tertiary/aromatic N) is 1. The zero-order valence-electron chi connectivity index (χ0n) is 10.8. The lowest BCUT2D eigenvalue weighted by molar-refractivity contribution is 0.600. The van der Waals surface area contributed by atoms with Crippen molar-refractivity contribution >= 4 is 43.4 Å². The highest BCUT2D eigenvalue weighted by atomic mass is 79.9. The van der Waals surface area contributed by atoms with Gasteiger partial charge in [0.05, 0.1) is 9.92 Å². The summed E-state index contributed by atoms with van der Waals surface area (Å²) in [5.74, 6) is 0.231. The van der Waals surface area contributed by atoms with Crippen molar-refractivity contribution in [1.82, 2.24) is 4.98 Å². The third-order valence-electron chi connectivity index (χ3n) is 2.71. The molecule has 0 saturated carbocycles. The monoisotopic (exact) mass is 374 g/mol. The van der Waals surface area contributed by atoms with Crippen LogP contribution in [0.5, 0.6) is 0 Å². The fourth-order valence-electron chi connectivity index (χ4n) is 1.67. The van der Waals surface area contributed by atoms with Crippen LogP contribution in [0.25, 0.3) is 0 Å². The van der Waals surface area contributed by atoms with Crippen molar-refractivity contribution in [2.75, 3.05) is 4.72 Å². The Kier molecular flexibility index (Phi) is 4.36. The Balaban J connectivity index is 2.40. The van der Waals surface area contributed by atoms with Crippen LogP contribution in [-0.2, 0) is 10.0 Å². The second-order valence-corrected chi connectivity index (χ2v) is 7.28. The minimum atomic E-state index is -3.67. The van der Waals surface area contributed by atoms with Crippen molar-refractivity contribution in [3.8, 4) is 0 Å². The van der Waals surface area contributed by atoms with Gasteiger partial charge < -0.3 is 0 Å². The Morgan fingerprint density at radius 1 is 1.20 bits per heavy atom. The summed E-state index contributed by atoms with van der Waals surface area (Å²) in [6.45, 7) is 3.58. The largest absolute Gasteiger partial charge is 0.263 e. The van der Waals surface area contributed by atoms with E-state index < -0.39 is 10.0 Å². The average molecular weight is 376 g/mol. The number of anilines is 1. The van der Waals surface area contributed by atoms with Crippen molar-refractivity contribution < 1.29 is 8.42 Å². The Hall–Kier alpha value is -1.11. The van der Waals surface area contributed by atoms with Gasteiger partial charge in [0.2, 0.25) is 0 Å². The van der Waals surface area contributed by atoms with Crippen molar-refractivity contribution in [1.29, 1.82) is 0 Å². The standard InChI is InChI=1S/C13H12BrClN2O2S/c1-8-6-12(9(2)5-11(8)14)20(18,19)17-13-4-3-10(15)7-16-13/h3-7H,1-2H3,(H,16,17). The molecule has 1 aromatic carbocycles. The van der Waals surface area contributed by atoms with Gasteiger partial charge in [0, 0.05) is 10.7 Å². The maximum atomic E-state index is 12.4. The molecule has 1 heterocycles. The quantitative estimate of drug-likeness (QED) is 0.884. The maximum Gasteiger partial charge on any atom is 0.263 e. The SMILES string of the molecule is Cc1cc(S(=O)(=O)Nc2ccc(Cl)cn2)c(C)cc1Br. The Bertz CT molecular complexity index is 746. The van der Waals surface area contributed by atoms with Crippen molar-refractivity contribution in [2.24, 2.45) is 0 Å². The number of halogens is 2. The first-order valence-electron chi connectivity index (χ1n) is 5.71. The highest BCUT2D eigenvalue weighted by Crippen LogP contribution is 2.25. The van der Waals surface area contributed by atoms with E-state index >= 15 is 0 Å². The molecule has 0 unspecified atom stereocenters. The fraction of sp³-hybridized carbons (Fsp3) is 0.154. The van der Waals surface area contributed by atoms with E-state index in [0.717, 1.165) is 10.0 Å². The molecule has 2 rings (SSSR count). The normalized spacial score (nSPS) is 11.4. The number of rotatable bonds is 3. The summed E-state index contributed by atoms with van der Waals surface area (Å²) >= 11 is 9.10. The van der Waals surface area contributed by atoms with E-state index in [1.807, 2.05) is 6.92 Å². The predicted octanol–water partition coefficient (Wildman–Crippen LogP) is 3.92. The van der Waals surface area contributed by atoms with Crippen LogP contribution in [0.4, 0.5) is 5.82 Å². The molecule has 20 heavy (non-hydrogen) atoms. The summed E-state index contributed by atoms with van der Waals surface area (Å²) < 4.78 is 28.1. The Morgan fingerprint density at radius 2 is 1.90 bits per heavy atom. The van der Waals surface area contributed by atoms with Gasteiger partial charge in [0.1, 0.15) is 5.82 Å². The highest BCUT2D eigenvalue weighted by Gasteiger charge is 2.18. The molecular formula is C13H12BrClN2O2S. The summed E-state index contributed by atoms with van der Waals surface area (Å²) in [6.07, 6.45) is 1.39. The van der Waals surface area contributed by atoms with E-state index in [9.17, 15) is 8.42 Å². The zero-order chi connectivity index (χ0) is 14.9. The highest BCUT2D eigenvalue weighted by molar-refractivity contribution is 9.10.